The normalized spacial score (nSPS) is 10.3. The molecule has 0 atom stereocenters. The molecule has 0 fully saturated rings. The van der Waals surface area contributed by atoms with E-state index in [4.69, 9.17) is 5.84 Å². The van der Waals surface area contributed by atoms with Gasteiger partial charge in [-0.2, -0.15) is 0 Å². The van der Waals surface area contributed by atoms with Crippen LogP contribution in [0.2, 0.25) is 0 Å². The summed E-state index contributed by atoms with van der Waals surface area (Å²) in [5.74, 6) is 5.39. The summed E-state index contributed by atoms with van der Waals surface area (Å²) in [6.07, 6.45) is 0. The van der Waals surface area contributed by atoms with Gasteiger partial charge in [0.1, 0.15) is 10.0 Å². The molecular weight excluding hydrogens is 206 g/mol. The molecule has 15 heavy (non-hydrogen) atoms. The van der Waals surface area contributed by atoms with Crippen molar-refractivity contribution in [3.63, 3.8) is 0 Å². The standard InChI is InChI=1S/C11H13N3S/c1-7-3-5-9(6-4-7)11-13-8(2)10(14-12)15-11/h3-6,14H,12H2,1-2H3. The number of aryl methyl sites for hydroxylation is 2. The molecule has 0 bridgehead atoms. The molecule has 0 unspecified atom stereocenters. The Morgan fingerprint density at radius 2 is 1.87 bits per heavy atom. The zero-order chi connectivity index (χ0) is 10.8. The number of hydrogen-bond donors (Lipinski definition) is 2. The molecule has 1 heterocycles. The Kier molecular flexibility index (Phi) is 2.70. The lowest BCUT2D eigenvalue weighted by atomic mass is 10.2. The average molecular weight is 219 g/mol. The molecule has 4 heteroatoms. The van der Waals surface area contributed by atoms with Crippen LogP contribution in [0.25, 0.3) is 10.6 Å². The van der Waals surface area contributed by atoms with E-state index < -0.39 is 0 Å². The maximum absolute atomic E-state index is 5.39. The van der Waals surface area contributed by atoms with Gasteiger partial charge in [-0.1, -0.05) is 41.2 Å². The van der Waals surface area contributed by atoms with Crippen molar-refractivity contribution in [3.05, 3.63) is 35.5 Å². The van der Waals surface area contributed by atoms with Crippen molar-refractivity contribution in [2.24, 2.45) is 5.84 Å². The molecule has 3 nitrogen and oxygen atoms in total. The second-order valence-corrected chi connectivity index (χ2v) is 4.44. The maximum atomic E-state index is 5.39. The van der Waals surface area contributed by atoms with Gasteiger partial charge in [0.25, 0.3) is 0 Å². The van der Waals surface area contributed by atoms with Crippen LogP contribution in [-0.4, -0.2) is 4.98 Å². The number of rotatable bonds is 2. The van der Waals surface area contributed by atoms with Crippen molar-refractivity contribution in [2.75, 3.05) is 5.43 Å². The van der Waals surface area contributed by atoms with Gasteiger partial charge in [0.15, 0.2) is 0 Å². The van der Waals surface area contributed by atoms with E-state index in [-0.39, 0.29) is 0 Å². The van der Waals surface area contributed by atoms with Crippen LogP contribution in [0.3, 0.4) is 0 Å². The highest BCUT2D eigenvalue weighted by Crippen LogP contribution is 2.30. The highest BCUT2D eigenvalue weighted by atomic mass is 32.1. The highest BCUT2D eigenvalue weighted by molar-refractivity contribution is 7.19. The molecule has 3 N–H and O–H groups in total. The van der Waals surface area contributed by atoms with E-state index >= 15 is 0 Å². The number of benzene rings is 1. The fraction of sp³-hybridized carbons (Fsp3) is 0.182. The lowest BCUT2D eigenvalue weighted by Gasteiger charge is -1.96. The van der Waals surface area contributed by atoms with Gasteiger partial charge in [-0.15, -0.1) is 0 Å². The number of nitrogens with two attached hydrogens (primary N) is 1. The van der Waals surface area contributed by atoms with Crippen LogP contribution in [0.4, 0.5) is 5.00 Å². The lowest BCUT2D eigenvalue weighted by molar-refractivity contribution is 1.24. The third-order valence-electron chi connectivity index (χ3n) is 2.23. The smallest absolute Gasteiger partial charge is 0.126 e. The van der Waals surface area contributed by atoms with E-state index in [2.05, 4.69) is 41.6 Å². The summed E-state index contributed by atoms with van der Waals surface area (Å²) in [5.41, 5.74) is 5.98. The van der Waals surface area contributed by atoms with E-state index in [0.717, 1.165) is 21.3 Å². The SMILES string of the molecule is Cc1ccc(-c2nc(C)c(NN)s2)cc1. The molecule has 0 amide bonds. The zero-order valence-electron chi connectivity index (χ0n) is 8.74. The van der Waals surface area contributed by atoms with Crippen LogP contribution in [0.1, 0.15) is 11.3 Å². The van der Waals surface area contributed by atoms with Crippen LogP contribution >= 0.6 is 11.3 Å². The van der Waals surface area contributed by atoms with Crippen molar-refractivity contribution in [1.29, 1.82) is 0 Å². The molecule has 0 spiro atoms. The van der Waals surface area contributed by atoms with Gasteiger partial charge in [-0.3, -0.25) is 0 Å². The number of thiazole rings is 1. The average Bonchev–Trinajstić information content (AvgIpc) is 2.61. The number of nitrogens with zero attached hydrogens (tertiary/aromatic N) is 1. The Morgan fingerprint density at radius 3 is 2.40 bits per heavy atom. The number of anilines is 1. The van der Waals surface area contributed by atoms with Crippen LogP contribution in [0.5, 0.6) is 0 Å². The first kappa shape index (κ1) is 10.1. The van der Waals surface area contributed by atoms with E-state index in [9.17, 15) is 0 Å². The minimum absolute atomic E-state index is 0.922. The predicted octanol–water partition coefficient (Wildman–Crippen LogP) is 2.71. The van der Waals surface area contributed by atoms with E-state index in [1.165, 1.54) is 5.56 Å². The quantitative estimate of drug-likeness (QED) is 0.603. The van der Waals surface area contributed by atoms with Gasteiger partial charge in [-0.05, 0) is 13.8 Å². The largest absolute Gasteiger partial charge is 0.314 e. The third kappa shape index (κ3) is 2.00. The van der Waals surface area contributed by atoms with E-state index in [0.29, 0.717) is 0 Å². The minimum Gasteiger partial charge on any atom is -0.314 e. The molecule has 0 aliphatic carbocycles. The maximum Gasteiger partial charge on any atom is 0.126 e. The van der Waals surface area contributed by atoms with Crippen molar-refractivity contribution in [1.82, 2.24) is 4.98 Å². The Bertz CT molecular complexity index is 459. The first-order valence-electron chi connectivity index (χ1n) is 4.72. The van der Waals surface area contributed by atoms with Crippen molar-refractivity contribution >= 4 is 16.3 Å². The summed E-state index contributed by atoms with van der Waals surface area (Å²) < 4.78 is 0. The number of nitrogens with one attached hydrogen (secondary N) is 1. The fourth-order valence-corrected chi connectivity index (χ4v) is 2.23. The van der Waals surface area contributed by atoms with Crippen molar-refractivity contribution < 1.29 is 0 Å². The van der Waals surface area contributed by atoms with E-state index in [1.54, 1.807) is 11.3 Å². The minimum atomic E-state index is 0.922. The molecule has 1 aromatic carbocycles. The van der Waals surface area contributed by atoms with Crippen LogP contribution in [0.15, 0.2) is 24.3 Å². The van der Waals surface area contributed by atoms with Gasteiger partial charge in [0.05, 0.1) is 5.69 Å². The Balaban J connectivity index is 2.41. The van der Waals surface area contributed by atoms with Gasteiger partial charge < -0.3 is 5.43 Å². The molecule has 2 rings (SSSR count). The summed E-state index contributed by atoms with van der Waals surface area (Å²) in [4.78, 5) is 4.46. The third-order valence-corrected chi connectivity index (χ3v) is 3.36. The Morgan fingerprint density at radius 1 is 1.20 bits per heavy atom. The molecule has 0 radical (unpaired) electrons. The zero-order valence-corrected chi connectivity index (χ0v) is 9.56. The second kappa shape index (κ2) is 4.00. The van der Waals surface area contributed by atoms with Gasteiger partial charge >= 0.3 is 0 Å². The number of aromatic nitrogens is 1. The van der Waals surface area contributed by atoms with Gasteiger partial charge in [0, 0.05) is 5.56 Å². The van der Waals surface area contributed by atoms with Gasteiger partial charge in [0.2, 0.25) is 0 Å². The Labute approximate surface area is 92.9 Å². The summed E-state index contributed by atoms with van der Waals surface area (Å²) in [6, 6.07) is 8.32. The molecule has 78 valence electrons. The molecule has 0 aliphatic rings. The highest BCUT2D eigenvalue weighted by Gasteiger charge is 2.07. The molecule has 2 aromatic rings. The second-order valence-electron chi connectivity index (χ2n) is 3.44. The van der Waals surface area contributed by atoms with Gasteiger partial charge in [-0.25, -0.2) is 10.8 Å². The predicted molar refractivity (Wildman–Crippen MR) is 64.8 cm³/mol. The van der Waals surface area contributed by atoms with Crippen LogP contribution in [0, 0.1) is 13.8 Å². The lowest BCUT2D eigenvalue weighted by Crippen LogP contribution is -2.05. The van der Waals surface area contributed by atoms with Crippen LogP contribution in [-0.2, 0) is 0 Å². The molecule has 0 aliphatic heterocycles. The van der Waals surface area contributed by atoms with E-state index in [1.807, 2.05) is 6.92 Å². The number of hydrogen-bond acceptors (Lipinski definition) is 4. The summed E-state index contributed by atoms with van der Waals surface area (Å²) in [6.45, 7) is 4.02. The summed E-state index contributed by atoms with van der Waals surface area (Å²) >= 11 is 1.57. The Hall–Kier alpha value is -1.39. The summed E-state index contributed by atoms with van der Waals surface area (Å²) in [5, 5.41) is 1.92. The topological polar surface area (TPSA) is 50.9 Å². The number of hydrazine groups is 1. The molecule has 1 aromatic heterocycles. The van der Waals surface area contributed by atoms with Crippen molar-refractivity contribution in [3.8, 4) is 10.6 Å². The first-order chi connectivity index (χ1) is 7.20. The van der Waals surface area contributed by atoms with Crippen LogP contribution < -0.4 is 11.3 Å². The van der Waals surface area contributed by atoms with Crippen molar-refractivity contribution in [2.45, 2.75) is 13.8 Å². The molecule has 0 saturated heterocycles. The fourth-order valence-electron chi connectivity index (χ4n) is 1.35. The molecular formula is C11H13N3S. The summed E-state index contributed by atoms with van der Waals surface area (Å²) in [7, 11) is 0. The monoisotopic (exact) mass is 219 g/mol. The number of nitrogen functional groups attached to an aromatic ring is 1. The first-order valence-corrected chi connectivity index (χ1v) is 5.53. The molecule has 0 saturated carbocycles.